The molecule has 1 saturated carbocycles. The highest BCUT2D eigenvalue weighted by Gasteiger charge is 2.25. The van der Waals surface area contributed by atoms with Crippen molar-refractivity contribution in [1.29, 1.82) is 0 Å². The lowest BCUT2D eigenvalue weighted by Crippen LogP contribution is -2.33. The Morgan fingerprint density at radius 3 is 2.56 bits per heavy atom. The molecule has 1 aliphatic carbocycles. The second-order valence-electron chi connectivity index (χ2n) is 9.67. The van der Waals surface area contributed by atoms with Gasteiger partial charge in [0.05, 0.1) is 17.5 Å². The largest absolute Gasteiger partial charge is 0.461 e. The van der Waals surface area contributed by atoms with E-state index in [1.807, 2.05) is 19.0 Å². The molecule has 0 spiro atoms. The molecule has 0 amide bonds. The number of nitrogen functional groups attached to an aromatic ring is 1. The molecule has 3 rings (SSSR count). The maximum absolute atomic E-state index is 13.2. The van der Waals surface area contributed by atoms with Crippen molar-refractivity contribution in [2.75, 3.05) is 38.3 Å². The number of anilines is 2. The molecule has 2 aromatic rings. The molecular formula is C24H33N5O5. The third-order valence-electron chi connectivity index (χ3n) is 4.94. The molecule has 1 aliphatic rings. The van der Waals surface area contributed by atoms with Crippen LogP contribution < -0.4 is 16.6 Å². The lowest BCUT2D eigenvalue weighted by Gasteiger charge is -2.21. The first-order valence-electron chi connectivity index (χ1n) is 11.2. The van der Waals surface area contributed by atoms with Crippen LogP contribution in [0.5, 0.6) is 0 Å². The quantitative estimate of drug-likeness (QED) is 0.417. The Hall–Kier alpha value is -3.40. The minimum atomic E-state index is -0.705. The van der Waals surface area contributed by atoms with Crippen molar-refractivity contribution >= 4 is 23.4 Å². The summed E-state index contributed by atoms with van der Waals surface area (Å²) in [5.74, 6) is -0.926. The first-order valence-corrected chi connectivity index (χ1v) is 11.2. The van der Waals surface area contributed by atoms with Crippen LogP contribution in [-0.4, -0.2) is 65.3 Å². The number of carbonyl (C=O) groups excluding carboxylic acids is 2. The number of esters is 2. The summed E-state index contributed by atoms with van der Waals surface area (Å²) < 4.78 is 12.0. The van der Waals surface area contributed by atoms with Gasteiger partial charge in [-0.3, -0.25) is 14.2 Å². The number of nitrogens with zero attached hydrogens (tertiary/aromatic N) is 3. The average Bonchev–Trinajstić information content (AvgIpc) is 3.53. The van der Waals surface area contributed by atoms with Crippen molar-refractivity contribution in [3.8, 4) is 11.3 Å². The van der Waals surface area contributed by atoms with Crippen LogP contribution in [0.25, 0.3) is 11.3 Å². The Morgan fingerprint density at radius 2 is 1.94 bits per heavy atom. The van der Waals surface area contributed by atoms with E-state index < -0.39 is 23.1 Å². The molecule has 1 aromatic heterocycles. The highest BCUT2D eigenvalue weighted by atomic mass is 16.6. The van der Waals surface area contributed by atoms with E-state index in [1.165, 1.54) is 16.8 Å². The summed E-state index contributed by atoms with van der Waals surface area (Å²) in [5, 5.41) is 3.10. The van der Waals surface area contributed by atoms with Crippen LogP contribution in [0.15, 0.2) is 29.2 Å². The van der Waals surface area contributed by atoms with Crippen molar-refractivity contribution in [2.45, 2.75) is 51.8 Å². The van der Waals surface area contributed by atoms with E-state index in [0.29, 0.717) is 23.5 Å². The van der Waals surface area contributed by atoms with E-state index in [9.17, 15) is 14.4 Å². The van der Waals surface area contributed by atoms with E-state index in [4.69, 9.17) is 15.2 Å². The van der Waals surface area contributed by atoms with Crippen molar-refractivity contribution in [3.05, 3.63) is 40.3 Å². The molecule has 1 fully saturated rings. The highest BCUT2D eigenvalue weighted by Crippen LogP contribution is 2.26. The molecule has 0 radical (unpaired) electrons. The molecular weight excluding hydrogens is 438 g/mol. The molecule has 184 valence electrons. The van der Waals surface area contributed by atoms with Crippen molar-refractivity contribution < 1.29 is 19.1 Å². The fraction of sp³-hybridized carbons (Fsp3) is 0.500. The van der Waals surface area contributed by atoms with Crippen LogP contribution in [0.2, 0.25) is 0 Å². The Kier molecular flexibility index (Phi) is 7.61. The van der Waals surface area contributed by atoms with Crippen LogP contribution in [0.3, 0.4) is 0 Å². The summed E-state index contributed by atoms with van der Waals surface area (Å²) in [6, 6.07) is 4.91. The molecule has 34 heavy (non-hydrogen) atoms. The number of benzene rings is 1. The Bertz CT molecular complexity index is 1120. The number of ether oxygens (including phenoxy) is 2. The molecule has 10 nitrogen and oxygen atoms in total. The second kappa shape index (κ2) is 10.3. The number of hydrogen-bond acceptors (Lipinski definition) is 9. The van der Waals surface area contributed by atoms with Crippen molar-refractivity contribution in [2.24, 2.45) is 0 Å². The molecule has 0 bridgehead atoms. The summed E-state index contributed by atoms with van der Waals surface area (Å²) in [7, 11) is 3.76. The van der Waals surface area contributed by atoms with E-state index in [0.717, 1.165) is 12.8 Å². The third-order valence-corrected chi connectivity index (χ3v) is 4.94. The zero-order valence-corrected chi connectivity index (χ0v) is 20.4. The molecule has 10 heteroatoms. The first kappa shape index (κ1) is 25.2. The van der Waals surface area contributed by atoms with E-state index >= 15 is 0 Å². The monoisotopic (exact) mass is 471 g/mol. The first-order chi connectivity index (χ1) is 15.9. The zero-order chi connectivity index (χ0) is 25.0. The number of rotatable bonds is 9. The molecule has 1 aromatic carbocycles. The second-order valence-corrected chi connectivity index (χ2v) is 9.67. The minimum Gasteiger partial charge on any atom is -0.461 e. The van der Waals surface area contributed by atoms with Crippen LogP contribution in [0.4, 0.5) is 11.5 Å². The summed E-state index contributed by atoms with van der Waals surface area (Å²) >= 11 is 0. The summed E-state index contributed by atoms with van der Waals surface area (Å²) in [5.41, 5.74) is 6.26. The SMILES string of the molecule is CN(C)CCOC(=O)c1cc(N)cc(-c2cnc(NC3CC3)c(=O)n2CC(=O)OC(C)(C)C)c1. The Balaban J connectivity index is 1.98. The van der Waals surface area contributed by atoms with Gasteiger partial charge in [0.15, 0.2) is 5.82 Å². The predicted molar refractivity (Wildman–Crippen MR) is 130 cm³/mol. The van der Waals surface area contributed by atoms with Crippen LogP contribution in [0.1, 0.15) is 44.0 Å². The number of nitrogens with one attached hydrogen (secondary N) is 1. The van der Waals surface area contributed by atoms with E-state index in [1.54, 1.807) is 32.9 Å². The standard InChI is InChI=1S/C24H33N5O5/c1-24(2,3)34-20(30)14-29-19(13-26-21(22(29)31)27-18-6-7-18)15-10-16(12-17(25)11-15)23(32)33-9-8-28(4)5/h10-13,18H,6-9,14,25H2,1-5H3,(H,26,27). The van der Waals surface area contributed by atoms with Gasteiger partial charge in [0.2, 0.25) is 0 Å². The molecule has 0 atom stereocenters. The van der Waals surface area contributed by atoms with Gasteiger partial charge in [0.1, 0.15) is 18.8 Å². The van der Waals surface area contributed by atoms with Gasteiger partial charge in [0.25, 0.3) is 5.56 Å². The molecule has 0 unspecified atom stereocenters. The van der Waals surface area contributed by atoms with E-state index in [-0.39, 0.29) is 30.6 Å². The highest BCUT2D eigenvalue weighted by molar-refractivity contribution is 5.92. The third kappa shape index (κ3) is 7.05. The van der Waals surface area contributed by atoms with Gasteiger partial charge in [-0.05, 0) is 65.9 Å². The predicted octanol–water partition coefficient (Wildman–Crippen LogP) is 2.13. The fourth-order valence-corrected chi connectivity index (χ4v) is 3.22. The Morgan fingerprint density at radius 1 is 1.24 bits per heavy atom. The van der Waals surface area contributed by atoms with E-state index in [2.05, 4.69) is 10.3 Å². The molecule has 0 aliphatic heterocycles. The lowest BCUT2D eigenvalue weighted by atomic mass is 10.1. The molecule has 3 N–H and O–H groups in total. The normalized spacial score (nSPS) is 13.6. The zero-order valence-electron chi connectivity index (χ0n) is 20.4. The van der Waals surface area contributed by atoms with Gasteiger partial charge in [-0.2, -0.15) is 0 Å². The molecule has 0 saturated heterocycles. The number of likely N-dealkylation sites (N-methyl/N-ethyl adjacent to an activating group) is 1. The Labute approximate surface area is 199 Å². The number of nitrogens with two attached hydrogens (primary N) is 1. The number of hydrogen-bond donors (Lipinski definition) is 2. The fourth-order valence-electron chi connectivity index (χ4n) is 3.22. The molecule has 1 heterocycles. The van der Waals surface area contributed by atoms with Crippen LogP contribution in [-0.2, 0) is 20.8 Å². The lowest BCUT2D eigenvalue weighted by molar-refractivity contribution is -0.155. The van der Waals surface area contributed by atoms with Crippen LogP contribution in [0, 0.1) is 0 Å². The van der Waals surface area contributed by atoms with Gasteiger partial charge in [-0.15, -0.1) is 0 Å². The average molecular weight is 472 g/mol. The van der Waals surface area contributed by atoms with Gasteiger partial charge in [-0.25, -0.2) is 9.78 Å². The topological polar surface area (TPSA) is 129 Å². The minimum absolute atomic E-state index is 0.169. The maximum atomic E-state index is 13.2. The summed E-state index contributed by atoms with van der Waals surface area (Å²) in [4.78, 5) is 44.6. The van der Waals surface area contributed by atoms with Gasteiger partial charge in [-0.1, -0.05) is 0 Å². The smallest absolute Gasteiger partial charge is 0.338 e. The number of carbonyl (C=O) groups is 2. The van der Waals surface area contributed by atoms with Gasteiger partial charge in [0, 0.05) is 23.8 Å². The van der Waals surface area contributed by atoms with Crippen molar-refractivity contribution in [1.82, 2.24) is 14.5 Å². The van der Waals surface area contributed by atoms with Gasteiger partial charge < -0.3 is 25.4 Å². The maximum Gasteiger partial charge on any atom is 0.338 e. The van der Waals surface area contributed by atoms with Gasteiger partial charge >= 0.3 is 11.9 Å². The summed E-state index contributed by atoms with van der Waals surface area (Å²) in [6.45, 7) is 5.76. The summed E-state index contributed by atoms with van der Waals surface area (Å²) in [6.07, 6.45) is 3.42. The van der Waals surface area contributed by atoms with Crippen LogP contribution >= 0.6 is 0 Å². The number of aromatic nitrogens is 2. The van der Waals surface area contributed by atoms with Crippen molar-refractivity contribution in [3.63, 3.8) is 0 Å².